The van der Waals surface area contributed by atoms with Gasteiger partial charge in [-0.15, -0.1) is 0 Å². The van der Waals surface area contributed by atoms with Crippen molar-refractivity contribution in [3.63, 3.8) is 0 Å². The van der Waals surface area contributed by atoms with Crippen LogP contribution in [0, 0.1) is 0 Å². The Labute approximate surface area is 324 Å². The predicted octanol–water partition coefficient (Wildman–Crippen LogP) is 7.11. The molecule has 6 N–H and O–H groups in total. The molecule has 1 aliphatic rings. The Morgan fingerprint density at radius 3 is 1.43 bits per heavy atom. The minimum absolute atomic E-state index is 0.0800. The summed E-state index contributed by atoms with van der Waals surface area (Å²) in [6, 6.07) is 0. The van der Waals surface area contributed by atoms with E-state index in [1.165, 1.54) is 89.9 Å². The number of hydrogen-bond donors (Lipinski definition) is 6. The molecule has 1 rings (SSSR count). The van der Waals surface area contributed by atoms with E-state index in [9.17, 15) is 44.6 Å². The van der Waals surface area contributed by atoms with Crippen LogP contribution in [0.15, 0.2) is 12.2 Å². The SMILES string of the molecule is CCCCCCCC/C=C/CCCCCC(=O)O[C@H](COC(=O)CCCCCCCCCCCCCC)COP(=O)(O)OC1C(O)C(O)C(O)[C@@H](O)C1O. The van der Waals surface area contributed by atoms with Gasteiger partial charge in [-0.25, -0.2) is 4.57 Å². The number of phosphoric acid groups is 1. The molecule has 0 spiro atoms. The molecule has 54 heavy (non-hydrogen) atoms. The summed E-state index contributed by atoms with van der Waals surface area (Å²) in [7, 11) is -5.11. The molecule has 14 heteroatoms. The van der Waals surface area contributed by atoms with E-state index in [-0.39, 0.29) is 12.8 Å². The summed E-state index contributed by atoms with van der Waals surface area (Å²) in [6.45, 7) is 3.25. The van der Waals surface area contributed by atoms with E-state index in [2.05, 4.69) is 26.0 Å². The summed E-state index contributed by atoms with van der Waals surface area (Å²) in [5, 5.41) is 50.0. The van der Waals surface area contributed by atoms with Crippen LogP contribution in [0.2, 0.25) is 0 Å². The van der Waals surface area contributed by atoms with Crippen molar-refractivity contribution < 1.29 is 63.1 Å². The lowest BCUT2D eigenvalue weighted by Crippen LogP contribution is -2.64. The summed E-state index contributed by atoms with van der Waals surface area (Å²) in [6.07, 6.45) is 17.1. The first-order valence-electron chi connectivity index (χ1n) is 21.0. The molecule has 0 heterocycles. The molecular weight excluding hydrogens is 719 g/mol. The molecule has 0 saturated heterocycles. The fraction of sp³-hybridized carbons (Fsp3) is 0.900. The second kappa shape index (κ2) is 31.6. The molecule has 0 aliphatic heterocycles. The van der Waals surface area contributed by atoms with Gasteiger partial charge in [0.25, 0.3) is 0 Å². The maximum atomic E-state index is 12.8. The van der Waals surface area contributed by atoms with Crippen molar-refractivity contribution >= 4 is 19.8 Å². The predicted molar refractivity (Wildman–Crippen MR) is 207 cm³/mol. The molecule has 0 amide bonds. The molecule has 0 radical (unpaired) electrons. The van der Waals surface area contributed by atoms with Gasteiger partial charge in [0.2, 0.25) is 0 Å². The van der Waals surface area contributed by atoms with Crippen molar-refractivity contribution in [1.82, 2.24) is 0 Å². The number of aliphatic hydroxyl groups excluding tert-OH is 5. The Kier molecular flexibility index (Phi) is 29.7. The highest BCUT2D eigenvalue weighted by Gasteiger charge is 2.51. The first kappa shape index (κ1) is 50.6. The lowest BCUT2D eigenvalue weighted by atomic mass is 9.85. The van der Waals surface area contributed by atoms with Crippen LogP contribution < -0.4 is 0 Å². The van der Waals surface area contributed by atoms with E-state index in [0.29, 0.717) is 12.8 Å². The average molecular weight is 795 g/mol. The van der Waals surface area contributed by atoms with Crippen LogP contribution in [-0.2, 0) is 32.7 Å². The number of unbranched alkanes of at least 4 members (excludes halogenated alkanes) is 20. The summed E-state index contributed by atoms with van der Waals surface area (Å²) in [5.41, 5.74) is 0. The maximum Gasteiger partial charge on any atom is 0.472 e. The zero-order chi connectivity index (χ0) is 40.0. The molecule has 13 nitrogen and oxygen atoms in total. The van der Waals surface area contributed by atoms with Gasteiger partial charge < -0.3 is 39.9 Å². The molecule has 8 atom stereocenters. The molecular formula is C40H75O13P. The van der Waals surface area contributed by atoms with Crippen LogP contribution in [0.5, 0.6) is 0 Å². The molecule has 0 bridgehead atoms. The Morgan fingerprint density at radius 1 is 0.556 bits per heavy atom. The van der Waals surface area contributed by atoms with E-state index >= 15 is 0 Å². The number of allylic oxidation sites excluding steroid dienone is 2. The van der Waals surface area contributed by atoms with Crippen LogP contribution in [0.1, 0.15) is 174 Å². The van der Waals surface area contributed by atoms with Crippen molar-refractivity contribution in [1.29, 1.82) is 0 Å². The van der Waals surface area contributed by atoms with E-state index in [1.54, 1.807) is 0 Å². The standard InChI is InChI=1S/C40H75O13P/c1-3-5-7-9-11-13-15-17-19-21-23-25-27-29-34(42)52-32(30-50-33(41)28-26-24-22-20-18-16-14-12-10-8-6-4-2)31-51-54(48,49)53-40-38(46)36(44)35(43)37(45)39(40)47/h17,19,32,35-40,43-47H,3-16,18,20-31H2,1-2H3,(H,48,49)/b19-17+/t32-,35?,36-,37?,38?,39?,40?/m1/s1. The largest absolute Gasteiger partial charge is 0.472 e. The fourth-order valence-electron chi connectivity index (χ4n) is 6.40. The molecule has 318 valence electrons. The third-order valence-electron chi connectivity index (χ3n) is 9.86. The van der Waals surface area contributed by atoms with Crippen LogP contribution in [0.25, 0.3) is 0 Å². The highest BCUT2D eigenvalue weighted by Crippen LogP contribution is 2.47. The zero-order valence-electron chi connectivity index (χ0n) is 33.3. The molecule has 6 unspecified atom stereocenters. The average Bonchev–Trinajstić information content (AvgIpc) is 3.15. The first-order chi connectivity index (χ1) is 25.9. The van der Waals surface area contributed by atoms with Gasteiger partial charge >= 0.3 is 19.8 Å². The molecule has 1 aliphatic carbocycles. The lowest BCUT2D eigenvalue weighted by molar-refractivity contribution is -0.220. The van der Waals surface area contributed by atoms with Crippen LogP contribution in [-0.4, -0.2) is 98.3 Å². The third-order valence-corrected chi connectivity index (χ3v) is 10.8. The lowest BCUT2D eigenvalue weighted by Gasteiger charge is -2.41. The van der Waals surface area contributed by atoms with Gasteiger partial charge in [-0.3, -0.25) is 18.6 Å². The van der Waals surface area contributed by atoms with Crippen LogP contribution in [0.3, 0.4) is 0 Å². The van der Waals surface area contributed by atoms with E-state index in [0.717, 1.165) is 44.9 Å². The number of aliphatic hydroxyl groups is 5. The number of carbonyl (C=O) groups is 2. The Balaban J connectivity index is 2.52. The fourth-order valence-corrected chi connectivity index (χ4v) is 7.37. The van der Waals surface area contributed by atoms with E-state index in [1.807, 2.05) is 0 Å². The summed E-state index contributed by atoms with van der Waals surface area (Å²) in [5.74, 6) is -1.11. The second-order valence-corrected chi connectivity index (χ2v) is 16.3. The number of phosphoric ester groups is 1. The second-order valence-electron chi connectivity index (χ2n) is 14.8. The third kappa shape index (κ3) is 24.3. The normalized spacial score (nSPS) is 23.3. The molecule has 0 aromatic heterocycles. The number of rotatable bonds is 34. The van der Waals surface area contributed by atoms with Gasteiger partial charge in [0.1, 0.15) is 43.2 Å². The van der Waals surface area contributed by atoms with E-state index < -0.39 is 75.7 Å². The number of esters is 2. The van der Waals surface area contributed by atoms with Crippen molar-refractivity contribution in [2.75, 3.05) is 13.2 Å². The summed E-state index contributed by atoms with van der Waals surface area (Å²) < 4.78 is 33.4. The molecule has 0 aromatic carbocycles. The number of ether oxygens (including phenoxy) is 2. The minimum atomic E-state index is -5.11. The first-order valence-corrected chi connectivity index (χ1v) is 22.5. The van der Waals surface area contributed by atoms with Crippen LogP contribution in [0.4, 0.5) is 0 Å². The smallest absolute Gasteiger partial charge is 0.462 e. The molecule has 1 saturated carbocycles. The zero-order valence-corrected chi connectivity index (χ0v) is 34.2. The Bertz CT molecular complexity index is 1010. The van der Waals surface area contributed by atoms with Crippen molar-refractivity contribution in [3.05, 3.63) is 12.2 Å². The number of hydrogen-bond acceptors (Lipinski definition) is 12. The van der Waals surface area contributed by atoms with Gasteiger partial charge in [-0.1, -0.05) is 135 Å². The highest BCUT2D eigenvalue weighted by atomic mass is 31.2. The van der Waals surface area contributed by atoms with Gasteiger partial charge in [-0.2, -0.15) is 0 Å². The Morgan fingerprint density at radius 2 is 0.944 bits per heavy atom. The molecule has 0 aromatic rings. The van der Waals surface area contributed by atoms with Crippen LogP contribution >= 0.6 is 7.82 Å². The van der Waals surface area contributed by atoms with Gasteiger partial charge in [0, 0.05) is 12.8 Å². The maximum absolute atomic E-state index is 12.8. The topological polar surface area (TPSA) is 210 Å². The monoisotopic (exact) mass is 794 g/mol. The van der Waals surface area contributed by atoms with Crippen molar-refractivity contribution in [2.24, 2.45) is 0 Å². The van der Waals surface area contributed by atoms with Crippen molar-refractivity contribution in [2.45, 2.75) is 217 Å². The quantitative estimate of drug-likeness (QED) is 0.0166. The van der Waals surface area contributed by atoms with Gasteiger partial charge in [0.15, 0.2) is 6.10 Å². The van der Waals surface area contributed by atoms with Gasteiger partial charge in [-0.05, 0) is 38.5 Å². The minimum Gasteiger partial charge on any atom is -0.462 e. The van der Waals surface area contributed by atoms with E-state index in [4.69, 9.17) is 18.5 Å². The van der Waals surface area contributed by atoms with Gasteiger partial charge in [0.05, 0.1) is 6.61 Å². The molecule has 1 fully saturated rings. The summed E-state index contributed by atoms with van der Waals surface area (Å²) >= 11 is 0. The van der Waals surface area contributed by atoms with Crippen molar-refractivity contribution in [3.8, 4) is 0 Å². The summed E-state index contributed by atoms with van der Waals surface area (Å²) in [4.78, 5) is 35.5. The number of carbonyl (C=O) groups excluding carboxylic acids is 2. The highest BCUT2D eigenvalue weighted by molar-refractivity contribution is 7.47. The Hall–Kier alpha value is -1.41.